The first-order valence-electron chi connectivity index (χ1n) is 6.64. The van der Waals surface area contributed by atoms with Gasteiger partial charge in [0.2, 0.25) is 0 Å². The summed E-state index contributed by atoms with van der Waals surface area (Å²) in [5.74, 6) is -0.364. The summed E-state index contributed by atoms with van der Waals surface area (Å²) >= 11 is 0. The first kappa shape index (κ1) is 15.5. The summed E-state index contributed by atoms with van der Waals surface area (Å²) in [4.78, 5) is 22.1. The van der Waals surface area contributed by atoms with Crippen LogP contribution in [0.2, 0.25) is 0 Å². The van der Waals surface area contributed by atoms with E-state index < -0.39 is 11.7 Å². The summed E-state index contributed by atoms with van der Waals surface area (Å²) < 4.78 is 10.5. The largest absolute Gasteiger partial charge is 0.456 e. The van der Waals surface area contributed by atoms with Gasteiger partial charge in [0, 0.05) is 6.08 Å². The van der Waals surface area contributed by atoms with E-state index in [-0.39, 0.29) is 5.97 Å². The van der Waals surface area contributed by atoms with E-state index in [1.807, 2.05) is 13.0 Å². The van der Waals surface area contributed by atoms with Crippen LogP contribution in [0.3, 0.4) is 0 Å². The molecule has 106 valence electrons. The zero-order valence-electron chi connectivity index (χ0n) is 11.7. The Morgan fingerprint density at radius 3 is 2.84 bits per heavy atom. The molecule has 0 amide bonds. The van der Waals surface area contributed by atoms with Gasteiger partial charge in [-0.15, -0.1) is 6.58 Å². The fraction of sp³-hybridized carbons (Fsp3) is 0.600. The Morgan fingerprint density at radius 2 is 2.21 bits per heavy atom. The minimum atomic E-state index is -0.759. The molecule has 2 atom stereocenters. The van der Waals surface area contributed by atoms with E-state index in [1.54, 1.807) is 6.92 Å². The maximum Gasteiger partial charge on any atom is 0.331 e. The average molecular weight is 266 g/mol. The number of hydrogen-bond donors (Lipinski definition) is 0. The monoisotopic (exact) mass is 266 g/mol. The molecular formula is C15H22O4. The standard InChI is InChI=1S/C15H22O4/c1-4-5-6-7-8-9-15(3)14(18-11-16)12(2)10-13(17)19-15/h4,10-11,14H,1,5-9H2,2-3H3. The summed E-state index contributed by atoms with van der Waals surface area (Å²) in [5, 5.41) is 0. The summed E-state index contributed by atoms with van der Waals surface area (Å²) in [7, 11) is 0. The summed E-state index contributed by atoms with van der Waals surface area (Å²) in [6.45, 7) is 7.70. The fourth-order valence-corrected chi connectivity index (χ4v) is 2.49. The molecule has 19 heavy (non-hydrogen) atoms. The number of unbranched alkanes of at least 4 members (excludes halogenated alkanes) is 3. The molecule has 0 N–H and O–H groups in total. The Kier molecular flexibility index (Phi) is 5.80. The van der Waals surface area contributed by atoms with Crippen molar-refractivity contribution in [3.05, 3.63) is 24.3 Å². The molecule has 2 unspecified atom stereocenters. The maximum atomic E-state index is 11.5. The third kappa shape index (κ3) is 4.23. The fourth-order valence-electron chi connectivity index (χ4n) is 2.49. The lowest BCUT2D eigenvalue weighted by molar-refractivity contribution is -0.174. The Balaban J connectivity index is 2.64. The predicted octanol–water partition coefficient (Wildman–Crippen LogP) is 2.93. The lowest BCUT2D eigenvalue weighted by atomic mass is 9.86. The zero-order valence-corrected chi connectivity index (χ0v) is 11.7. The van der Waals surface area contributed by atoms with Crippen LogP contribution in [-0.2, 0) is 19.1 Å². The van der Waals surface area contributed by atoms with Crippen LogP contribution in [0, 0.1) is 0 Å². The number of allylic oxidation sites excluding steroid dienone is 1. The first-order valence-corrected chi connectivity index (χ1v) is 6.64. The average Bonchev–Trinajstić information content (AvgIpc) is 2.33. The van der Waals surface area contributed by atoms with Crippen molar-refractivity contribution < 1.29 is 19.1 Å². The van der Waals surface area contributed by atoms with Crippen molar-refractivity contribution in [3.63, 3.8) is 0 Å². The minimum Gasteiger partial charge on any atom is -0.456 e. The van der Waals surface area contributed by atoms with E-state index in [4.69, 9.17) is 9.47 Å². The van der Waals surface area contributed by atoms with Gasteiger partial charge in [0.15, 0.2) is 11.7 Å². The molecule has 0 radical (unpaired) electrons. The molecule has 0 aliphatic carbocycles. The number of ether oxygens (including phenoxy) is 2. The van der Waals surface area contributed by atoms with Gasteiger partial charge in [0.25, 0.3) is 6.47 Å². The highest BCUT2D eigenvalue weighted by atomic mass is 16.6. The smallest absolute Gasteiger partial charge is 0.331 e. The topological polar surface area (TPSA) is 52.6 Å². The molecule has 1 rings (SSSR count). The zero-order chi connectivity index (χ0) is 14.3. The molecule has 1 aliphatic heterocycles. The quantitative estimate of drug-likeness (QED) is 0.293. The molecule has 4 heteroatoms. The van der Waals surface area contributed by atoms with Crippen molar-refractivity contribution in [2.24, 2.45) is 0 Å². The van der Waals surface area contributed by atoms with E-state index in [0.717, 1.165) is 31.3 Å². The molecule has 0 aromatic heterocycles. The van der Waals surface area contributed by atoms with Crippen molar-refractivity contribution >= 4 is 12.4 Å². The van der Waals surface area contributed by atoms with Crippen LogP contribution in [0.4, 0.5) is 0 Å². The van der Waals surface area contributed by atoms with Gasteiger partial charge in [-0.3, -0.25) is 4.79 Å². The molecule has 1 aliphatic rings. The lowest BCUT2D eigenvalue weighted by Crippen LogP contribution is -2.48. The molecule has 0 aromatic carbocycles. The second-order valence-electron chi connectivity index (χ2n) is 5.12. The summed E-state index contributed by atoms with van der Waals surface area (Å²) in [5.41, 5.74) is -0.0256. The van der Waals surface area contributed by atoms with Gasteiger partial charge in [-0.25, -0.2) is 4.79 Å². The van der Waals surface area contributed by atoms with Crippen LogP contribution in [0.15, 0.2) is 24.3 Å². The molecule has 0 saturated heterocycles. The summed E-state index contributed by atoms with van der Waals surface area (Å²) in [6, 6.07) is 0. The van der Waals surface area contributed by atoms with E-state index in [2.05, 4.69) is 6.58 Å². The molecule has 4 nitrogen and oxygen atoms in total. The van der Waals surface area contributed by atoms with E-state index in [9.17, 15) is 9.59 Å². The molecular weight excluding hydrogens is 244 g/mol. The normalized spacial score (nSPS) is 26.3. The van der Waals surface area contributed by atoms with E-state index >= 15 is 0 Å². The minimum absolute atomic E-state index is 0.364. The van der Waals surface area contributed by atoms with Gasteiger partial charge < -0.3 is 9.47 Å². The highest BCUT2D eigenvalue weighted by Gasteiger charge is 2.43. The Hall–Kier alpha value is -1.58. The van der Waals surface area contributed by atoms with Gasteiger partial charge in [0.1, 0.15) is 0 Å². The third-order valence-electron chi connectivity index (χ3n) is 3.42. The first-order chi connectivity index (χ1) is 9.03. The van der Waals surface area contributed by atoms with Crippen molar-refractivity contribution in [2.45, 2.75) is 57.7 Å². The van der Waals surface area contributed by atoms with Crippen LogP contribution in [0.25, 0.3) is 0 Å². The third-order valence-corrected chi connectivity index (χ3v) is 3.42. The molecule has 0 saturated carbocycles. The van der Waals surface area contributed by atoms with Gasteiger partial charge in [0.05, 0.1) is 0 Å². The second-order valence-corrected chi connectivity index (χ2v) is 5.12. The van der Waals surface area contributed by atoms with Crippen molar-refractivity contribution in [1.82, 2.24) is 0 Å². The molecule has 1 heterocycles. The van der Waals surface area contributed by atoms with Crippen LogP contribution >= 0.6 is 0 Å². The Morgan fingerprint density at radius 1 is 1.47 bits per heavy atom. The second kappa shape index (κ2) is 7.12. The summed E-state index contributed by atoms with van der Waals surface area (Å²) in [6.07, 6.45) is 7.49. The predicted molar refractivity (Wildman–Crippen MR) is 72.5 cm³/mol. The van der Waals surface area contributed by atoms with Gasteiger partial charge in [-0.1, -0.05) is 12.5 Å². The highest BCUT2D eigenvalue weighted by molar-refractivity contribution is 5.84. The molecule has 0 bridgehead atoms. The Bertz CT molecular complexity index is 372. The number of carbonyl (C=O) groups excluding carboxylic acids is 2. The number of hydrogen-bond acceptors (Lipinski definition) is 4. The molecule has 0 fully saturated rings. The number of cyclic esters (lactones) is 1. The highest BCUT2D eigenvalue weighted by Crippen LogP contribution is 2.33. The lowest BCUT2D eigenvalue weighted by Gasteiger charge is -2.38. The molecule has 0 spiro atoms. The Labute approximate surface area is 114 Å². The van der Waals surface area contributed by atoms with Gasteiger partial charge in [-0.2, -0.15) is 0 Å². The van der Waals surface area contributed by atoms with Gasteiger partial charge in [-0.05, 0) is 45.1 Å². The van der Waals surface area contributed by atoms with Crippen LogP contribution in [0.5, 0.6) is 0 Å². The van der Waals surface area contributed by atoms with Crippen LogP contribution in [-0.4, -0.2) is 24.1 Å². The van der Waals surface area contributed by atoms with Gasteiger partial charge >= 0.3 is 5.97 Å². The van der Waals surface area contributed by atoms with E-state index in [1.165, 1.54) is 6.08 Å². The van der Waals surface area contributed by atoms with Crippen LogP contribution in [0.1, 0.15) is 46.0 Å². The SMILES string of the molecule is C=CCCCCCC1(C)OC(=O)C=C(C)C1OC=O. The van der Waals surface area contributed by atoms with Crippen molar-refractivity contribution in [2.75, 3.05) is 0 Å². The van der Waals surface area contributed by atoms with Crippen molar-refractivity contribution in [1.29, 1.82) is 0 Å². The van der Waals surface area contributed by atoms with Crippen LogP contribution < -0.4 is 0 Å². The number of esters is 1. The maximum absolute atomic E-state index is 11.5. The molecule has 0 aromatic rings. The van der Waals surface area contributed by atoms with Crippen molar-refractivity contribution in [3.8, 4) is 0 Å². The number of carbonyl (C=O) groups is 2. The van der Waals surface area contributed by atoms with E-state index in [0.29, 0.717) is 12.9 Å². The number of rotatable bonds is 8.